The number of pyridine rings is 1. The van der Waals surface area contributed by atoms with Crippen LogP contribution in [-0.4, -0.2) is 16.0 Å². The Balaban J connectivity index is 1.71. The monoisotopic (exact) mass is 315 g/mol. The molecule has 2 aromatic heterocycles. The first-order chi connectivity index (χ1) is 11.8. The molecule has 0 saturated heterocycles. The number of rotatable bonds is 3. The van der Waals surface area contributed by atoms with E-state index in [2.05, 4.69) is 15.5 Å². The third kappa shape index (κ3) is 2.63. The maximum atomic E-state index is 12.4. The highest BCUT2D eigenvalue weighted by Gasteiger charge is 2.14. The average molecular weight is 315 g/mol. The van der Waals surface area contributed by atoms with E-state index in [1.807, 2.05) is 30.3 Å². The van der Waals surface area contributed by atoms with Crippen LogP contribution in [0.25, 0.3) is 22.2 Å². The first-order valence-corrected chi connectivity index (χ1v) is 7.47. The van der Waals surface area contributed by atoms with Gasteiger partial charge in [0.05, 0.1) is 5.39 Å². The summed E-state index contributed by atoms with van der Waals surface area (Å²) in [6.45, 7) is 0. The van der Waals surface area contributed by atoms with Gasteiger partial charge in [-0.1, -0.05) is 35.5 Å². The van der Waals surface area contributed by atoms with Crippen molar-refractivity contribution in [2.45, 2.75) is 0 Å². The first kappa shape index (κ1) is 14.1. The first-order valence-electron chi connectivity index (χ1n) is 7.47. The Hall–Kier alpha value is -3.47. The van der Waals surface area contributed by atoms with Gasteiger partial charge >= 0.3 is 0 Å². The van der Waals surface area contributed by atoms with E-state index in [1.54, 1.807) is 42.7 Å². The number of carbonyl (C=O) groups is 1. The Morgan fingerprint density at radius 2 is 1.75 bits per heavy atom. The van der Waals surface area contributed by atoms with E-state index in [0.29, 0.717) is 22.5 Å². The molecule has 24 heavy (non-hydrogen) atoms. The highest BCUT2D eigenvalue weighted by molar-refractivity contribution is 6.07. The molecule has 0 bridgehead atoms. The summed E-state index contributed by atoms with van der Waals surface area (Å²) in [5.41, 5.74) is 2.88. The van der Waals surface area contributed by atoms with E-state index in [9.17, 15) is 4.79 Å². The van der Waals surface area contributed by atoms with Crippen molar-refractivity contribution in [1.82, 2.24) is 10.1 Å². The van der Waals surface area contributed by atoms with E-state index < -0.39 is 0 Å². The van der Waals surface area contributed by atoms with Crippen LogP contribution in [0.3, 0.4) is 0 Å². The molecule has 0 radical (unpaired) electrons. The second-order valence-electron chi connectivity index (χ2n) is 5.30. The molecule has 1 amide bonds. The Morgan fingerprint density at radius 3 is 2.54 bits per heavy atom. The van der Waals surface area contributed by atoms with Gasteiger partial charge in [-0.05, 0) is 30.3 Å². The second kappa shape index (κ2) is 5.96. The Morgan fingerprint density at radius 1 is 0.958 bits per heavy atom. The van der Waals surface area contributed by atoms with Crippen LogP contribution in [0.4, 0.5) is 5.69 Å². The molecule has 2 heterocycles. The summed E-state index contributed by atoms with van der Waals surface area (Å²) in [7, 11) is 0. The van der Waals surface area contributed by atoms with Crippen LogP contribution in [0.2, 0.25) is 0 Å². The number of carbonyl (C=O) groups excluding carboxylic acids is 1. The van der Waals surface area contributed by atoms with E-state index in [-0.39, 0.29) is 5.91 Å². The molecule has 0 atom stereocenters. The zero-order chi connectivity index (χ0) is 16.4. The van der Waals surface area contributed by atoms with Gasteiger partial charge in [-0.2, -0.15) is 0 Å². The van der Waals surface area contributed by atoms with E-state index >= 15 is 0 Å². The summed E-state index contributed by atoms with van der Waals surface area (Å²) in [6, 6.07) is 18.5. The van der Waals surface area contributed by atoms with Gasteiger partial charge in [0.1, 0.15) is 5.52 Å². The van der Waals surface area contributed by atoms with Crippen molar-refractivity contribution in [2.24, 2.45) is 0 Å². The van der Waals surface area contributed by atoms with Crippen molar-refractivity contribution in [2.75, 3.05) is 5.32 Å². The van der Waals surface area contributed by atoms with Gasteiger partial charge in [0.2, 0.25) is 0 Å². The smallest absolute Gasteiger partial charge is 0.255 e. The van der Waals surface area contributed by atoms with Gasteiger partial charge in [-0.15, -0.1) is 0 Å². The molecular formula is C19H13N3O2. The van der Waals surface area contributed by atoms with Gasteiger partial charge in [0, 0.05) is 29.2 Å². The quantitative estimate of drug-likeness (QED) is 0.617. The summed E-state index contributed by atoms with van der Waals surface area (Å²) in [5.74, 6) is 0.465. The maximum Gasteiger partial charge on any atom is 0.255 e. The van der Waals surface area contributed by atoms with Gasteiger partial charge in [0.15, 0.2) is 5.76 Å². The molecule has 0 aliphatic heterocycles. The van der Waals surface area contributed by atoms with E-state index in [4.69, 9.17) is 4.52 Å². The topological polar surface area (TPSA) is 68.0 Å². The molecule has 4 rings (SSSR count). The Kier molecular flexibility index (Phi) is 3.51. The molecule has 0 fully saturated rings. The Bertz CT molecular complexity index is 995. The molecule has 4 aromatic rings. The second-order valence-corrected chi connectivity index (χ2v) is 5.30. The van der Waals surface area contributed by atoms with Crippen LogP contribution < -0.4 is 5.32 Å². The SMILES string of the molecule is O=C(Nc1ccncc1)c1ccc2noc(-c3ccccc3)c2c1. The number of nitrogens with zero attached hydrogens (tertiary/aromatic N) is 2. The zero-order valence-electron chi connectivity index (χ0n) is 12.6. The number of hydrogen-bond donors (Lipinski definition) is 1. The number of aromatic nitrogens is 2. The fourth-order valence-electron chi connectivity index (χ4n) is 2.52. The zero-order valence-corrected chi connectivity index (χ0v) is 12.6. The molecular weight excluding hydrogens is 302 g/mol. The van der Waals surface area contributed by atoms with E-state index in [0.717, 1.165) is 10.9 Å². The van der Waals surface area contributed by atoms with Crippen LogP contribution in [-0.2, 0) is 0 Å². The molecule has 0 unspecified atom stereocenters. The highest BCUT2D eigenvalue weighted by atomic mass is 16.5. The third-order valence-corrected chi connectivity index (χ3v) is 3.71. The van der Waals surface area contributed by atoms with Crippen LogP contribution in [0, 0.1) is 0 Å². The summed E-state index contributed by atoms with van der Waals surface area (Å²) < 4.78 is 5.46. The van der Waals surface area contributed by atoms with Crippen LogP contribution in [0.1, 0.15) is 10.4 Å². The summed E-state index contributed by atoms with van der Waals surface area (Å²) in [4.78, 5) is 16.4. The molecule has 116 valence electrons. The number of fused-ring (bicyclic) bond motifs is 1. The van der Waals surface area contributed by atoms with Crippen LogP contribution in [0.15, 0.2) is 77.6 Å². The fraction of sp³-hybridized carbons (Fsp3) is 0. The maximum absolute atomic E-state index is 12.4. The molecule has 0 aliphatic carbocycles. The van der Waals surface area contributed by atoms with Gasteiger partial charge in [-0.3, -0.25) is 9.78 Å². The predicted molar refractivity (Wildman–Crippen MR) is 91.6 cm³/mol. The number of amides is 1. The number of hydrogen-bond acceptors (Lipinski definition) is 4. The molecule has 0 aliphatic rings. The molecule has 2 aromatic carbocycles. The van der Waals surface area contributed by atoms with E-state index in [1.165, 1.54) is 0 Å². The minimum Gasteiger partial charge on any atom is -0.355 e. The largest absolute Gasteiger partial charge is 0.355 e. The highest BCUT2D eigenvalue weighted by Crippen LogP contribution is 2.29. The van der Waals surface area contributed by atoms with Gasteiger partial charge in [-0.25, -0.2) is 0 Å². The van der Waals surface area contributed by atoms with Crippen molar-refractivity contribution in [3.8, 4) is 11.3 Å². The van der Waals surface area contributed by atoms with Crippen molar-refractivity contribution in [3.63, 3.8) is 0 Å². The number of benzene rings is 2. The minimum atomic E-state index is -0.191. The third-order valence-electron chi connectivity index (χ3n) is 3.71. The molecule has 0 saturated carbocycles. The lowest BCUT2D eigenvalue weighted by atomic mass is 10.1. The average Bonchev–Trinajstić information content (AvgIpc) is 3.06. The summed E-state index contributed by atoms with van der Waals surface area (Å²) in [6.07, 6.45) is 3.26. The van der Waals surface area contributed by atoms with Crippen LogP contribution in [0.5, 0.6) is 0 Å². The lowest BCUT2D eigenvalue weighted by Gasteiger charge is -2.05. The van der Waals surface area contributed by atoms with Crippen molar-refractivity contribution >= 4 is 22.5 Å². The number of anilines is 1. The van der Waals surface area contributed by atoms with Crippen LogP contribution >= 0.6 is 0 Å². The number of nitrogens with one attached hydrogen (secondary N) is 1. The fourth-order valence-corrected chi connectivity index (χ4v) is 2.52. The predicted octanol–water partition coefficient (Wildman–Crippen LogP) is 4.14. The molecule has 5 nitrogen and oxygen atoms in total. The van der Waals surface area contributed by atoms with Crippen molar-refractivity contribution in [3.05, 3.63) is 78.6 Å². The van der Waals surface area contributed by atoms with Crippen molar-refractivity contribution < 1.29 is 9.32 Å². The van der Waals surface area contributed by atoms with Gasteiger partial charge < -0.3 is 9.84 Å². The molecule has 0 spiro atoms. The lowest BCUT2D eigenvalue weighted by molar-refractivity contribution is 0.102. The standard InChI is InChI=1S/C19H13N3O2/c23-19(21-15-8-10-20-11-9-15)14-6-7-17-16(12-14)18(24-22-17)13-4-2-1-3-5-13/h1-12H,(H,20,21,23). The minimum absolute atomic E-state index is 0.191. The normalized spacial score (nSPS) is 10.7. The van der Waals surface area contributed by atoms with Crippen molar-refractivity contribution in [1.29, 1.82) is 0 Å². The summed E-state index contributed by atoms with van der Waals surface area (Å²) in [5, 5.41) is 7.72. The van der Waals surface area contributed by atoms with Gasteiger partial charge in [0.25, 0.3) is 5.91 Å². The Labute approximate surface area is 137 Å². The summed E-state index contributed by atoms with van der Waals surface area (Å²) >= 11 is 0. The lowest BCUT2D eigenvalue weighted by Crippen LogP contribution is -2.11. The molecule has 5 heteroatoms. The molecule has 1 N–H and O–H groups in total.